The van der Waals surface area contributed by atoms with Gasteiger partial charge in [-0.3, -0.25) is 0 Å². The van der Waals surface area contributed by atoms with E-state index in [1.807, 2.05) is 48.5 Å². The molecule has 26 heavy (non-hydrogen) atoms. The van der Waals surface area contributed by atoms with E-state index in [1.54, 1.807) is 0 Å². The minimum atomic E-state index is -1.43. The van der Waals surface area contributed by atoms with Gasteiger partial charge < -0.3 is 14.9 Å². The molecule has 0 atom stereocenters. The maximum Gasteiger partial charge on any atom is 0.176 e. The van der Waals surface area contributed by atoms with Gasteiger partial charge in [0.1, 0.15) is 0 Å². The van der Waals surface area contributed by atoms with Gasteiger partial charge in [-0.1, -0.05) is 30.2 Å². The Labute approximate surface area is 158 Å². The molecule has 2 aromatic carbocycles. The molecule has 2 rings (SSSR count). The van der Waals surface area contributed by atoms with E-state index in [0.717, 1.165) is 37.6 Å². The minimum absolute atomic E-state index is 0.714. The van der Waals surface area contributed by atoms with Gasteiger partial charge in [-0.2, -0.15) is 0 Å². The zero-order valence-corrected chi connectivity index (χ0v) is 16.4. The van der Waals surface area contributed by atoms with Crippen LogP contribution in [0, 0.1) is 12.3 Å². The highest BCUT2D eigenvalue weighted by Crippen LogP contribution is 2.31. The molecule has 0 aromatic heterocycles. The van der Waals surface area contributed by atoms with Gasteiger partial charge >= 0.3 is 0 Å². The Bertz CT molecular complexity index is 665. The van der Waals surface area contributed by atoms with Gasteiger partial charge in [-0.15, -0.1) is 6.42 Å². The number of rotatable bonds is 8. The first-order valence-electron chi connectivity index (χ1n) is 9.45. The van der Waals surface area contributed by atoms with Gasteiger partial charge in [0.25, 0.3) is 0 Å². The van der Waals surface area contributed by atoms with Gasteiger partial charge in [0.15, 0.2) is 5.60 Å². The van der Waals surface area contributed by atoms with Crippen molar-refractivity contribution in [3.63, 3.8) is 0 Å². The molecule has 0 saturated carbocycles. The number of hydrogen-bond donors (Lipinski definition) is 1. The number of hydrogen-bond acceptors (Lipinski definition) is 3. The van der Waals surface area contributed by atoms with Gasteiger partial charge in [0.2, 0.25) is 0 Å². The van der Waals surface area contributed by atoms with Crippen LogP contribution in [0.2, 0.25) is 0 Å². The summed E-state index contributed by atoms with van der Waals surface area (Å²) in [5.41, 5.74) is 2.27. The first kappa shape index (κ1) is 19.9. The first-order chi connectivity index (χ1) is 12.5. The molecule has 0 fully saturated rings. The summed E-state index contributed by atoms with van der Waals surface area (Å²) >= 11 is 0. The van der Waals surface area contributed by atoms with Crippen LogP contribution in [-0.2, 0) is 5.60 Å². The highest BCUT2D eigenvalue weighted by atomic mass is 16.3. The molecule has 138 valence electrons. The standard InChI is InChI=1S/C23H30N2O/c1-6-23(26,19-11-15-21(16-12-19)24(7-2)8-3)20-13-17-22(18-14-20)25(9-4)10-5/h1,11-18,26H,7-10H2,2-5H3. The van der Waals surface area contributed by atoms with Crippen molar-refractivity contribution in [3.05, 3.63) is 59.7 Å². The summed E-state index contributed by atoms with van der Waals surface area (Å²) in [4.78, 5) is 4.52. The Kier molecular flexibility index (Phi) is 6.71. The highest BCUT2D eigenvalue weighted by Gasteiger charge is 2.29. The van der Waals surface area contributed by atoms with Crippen molar-refractivity contribution in [2.45, 2.75) is 33.3 Å². The minimum Gasteiger partial charge on any atom is -0.372 e. The summed E-state index contributed by atoms with van der Waals surface area (Å²) in [7, 11) is 0. The zero-order chi connectivity index (χ0) is 19.2. The fourth-order valence-corrected chi connectivity index (χ4v) is 3.34. The van der Waals surface area contributed by atoms with Crippen LogP contribution in [0.25, 0.3) is 0 Å². The Hall–Kier alpha value is -2.44. The monoisotopic (exact) mass is 350 g/mol. The molecule has 0 spiro atoms. The maximum atomic E-state index is 11.2. The molecule has 0 saturated heterocycles. The first-order valence-corrected chi connectivity index (χ1v) is 9.45. The molecule has 0 amide bonds. The lowest BCUT2D eigenvalue weighted by Crippen LogP contribution is -2.26. The second-order valence-corrected chi connectivity index (χ2v) is 6.29. The van der Waals surface area contributed by atoms with E-state index in [9.17, 15) is 5.11 Å². The zero-order valence-electron chi connectivity index (χ0n) is 16.4. The van der Waals surface area contributed by atoms with Gasteiger partial charge in [0.05, 0.1) is 0 Å². The normalized spacial score (nSPS) is 11.1. The highest BCUT2D eigenvalue weighted by molar-refractivity contribution is 5.54. The summed E-state index contributed by atoms with van der Waals surface area (Å²) in [6.45, 7) is 12.3. The van der Waals surface area contributed by atoms with Crippen LogP contribution in [0.4, 0.5) is 11.4 Å². The molecular weight excluding hydrogens is 320 g/mol. The summed E-state index contributed by atoms with van der Waals surface area (Å²) < 4.78 is 0. The Morgan fingerprint density at radius 2 is 1.04 bits per heavy atom. The molecule has 3 heteroatoms. The SMILES string of the molecule is C#CC(O)(c1ccc(N(CC)CC)cc1)c1ccc(N(CC)CC)cc1. The van der Waals surface area contributed by atoms with E-state index in [0.29, 0.717) is 11.1 Å². The lowest BCUT2D eigenvalue weighted by molar-refractivity contribution is 0.145. The topological polar surface area (TPSA) is 26.7 Å². The van der Waals surface area contributed by atoms with Crippen LogP contribution in [0.15, 0.2) is 48.5 Å². The smallest absolute Gasteiger partial charge is 0.176 e. The molecule has 1 N–H and O–H groups in total. The second-order valence-electron chi connectivity index (χ2n) is 6.29. The van der Waals surface area contributed by atoms with Gasteiger partial charge in [0, 0.05) is 48.7 Å². The third-order valence-corrected chi connectivity index (χ3v) is 5.04. The van der Waals surface area contributed by atoms with Crippen LogP contribution in [0.5, 0.6) is 0 Å². The molecule has 2 aromatic rings. The third kappa shape index (κ3) is 3.86. The lowest BCUT2D eigenvalue weighted by atomic mass is 9.87. The van der Waals surface area contributed by atoms with Crippen molar-refractivity contribution in [1.29, 1.82) is 0 Å². The van der Waals surface area contributed by atoms with E-state index in [2.05, 4.69) is 43.4 Å². The molecule has 3 nitrogen and oxygen atoms in total. The van der Waals surface area contributed by atoms with Gasteiger partial charge in [-0.05, 0) is 52.0 Å². The Balaban J connectivity index is 2.34. The molecule has 0 aliphatic carbocycles. The molecular formula is C23H30N2O. The molecule has 0 radical (unpaired) electrons. The fourth-order valence-electron chi connectivity index (χ4n) is 3.34. The number of benzene rings is 2. The quantitative estimate of drug-likeness (QED) is 0.721. The molecule has 0 heterocycles. The van der Waals surface area contributed by atoms with E-state index >= 15 is 0 Å². The largest absolute Gasteiger partial charge is 0.372 e. The van der Waals surface area contributed by atoms with Crippen LogP contribution >= 0.6 is 0 Å². The Morgan fingerprint density at radius 1 is 0.731 bits per heavy atom. The molecule has 0 aliphatic rings. The summed E-state index contributed by atoms with van der Waals surface area (Å²) in [6, 6.07) is 15.8. The van der Waals surface area contributed by atoms with Gasteiger partial charge in [-0.25, -0.2) is 0 Å². The number of nitrogens with zero attached hydrogens (tertiary/aromatic N) is 2. The second kappa shape index (κ2) is 8.78. The van der Waals surface area contributed by atoms with Crippen LogP contribution in [-0.4, -0.2) is 31.3 Å². The molecule has 0 unspecified atom stereocenters. The van der Waals surface area contributed by atoms with Crippen molar-refractivity contribution in [2.75, 3.05) is 36.0 Å². The average molecular weight is 351 g/mol. The lowest BCUT2D eigenvalue weighted by Gasteiger charge is -2.27. The van der Waals surface area contributed by atoms with Crippen molar-refractivity contribution < 1.29 is 5.11 Å². The molecule has 0 aliphatic heterocycles. The maximum absolute atomic E-state index is 11.2. The molecule has 0 bridgehead atoms. The van der Waals surface area contributed by atoms with Crippen molar-refractivity contribution in [1.82, 2.24) is 0 Å². The van der Waals surface area contributed by atoms with E-state index in [1.165, 1.54) is 0 Å². The third-order valence-electron chi connectivity index (χ3n) is 5.04. The van der Waals surface area contributed by atoms with Crippen molar-refractivity contribution in [2.24, 2.45) is 0 Å². The van der Waals surface area contributed by atoms with Crippen LogP contribution < -0.4 is 9.80 Å². The predicted molar refractivity (Wildman–Crippen MR) is 112 cm³/mol. The Morgan fingerprint density at radius 3 is 1.27 bits per heavy atom. The van der Waals surface area contributed by atoms with E-state index in [4.69, 9.17) is 6.42 Å². The average Bonchev–Trinajstić information content (AvgIpc) is 2.70. The van der Waals surface area contributed by atoms with Crippen molar-refractivity contribution >= 4 is 11.4 Å². The van der Waals surface area contributed by atoms with Crippen LogP contribution in [0.1, 0.15) is 38.8 Å². The van der Waals surface area contributed by atoms with Crippen LogP contribution in [0.3, 0.4) is 0 Å². The summed E-state index contributed by atoms with van der Waals surface area (Å²) in [5, 5.41) is 11.2. The fraction of sp³-hybridized carbons (Fsp3) is 0.391. The number of anilines is 2. The number of aliphatic hydroxyl groups is 1. The number of terminal acetylenes is 1. The van der Waals surface area contributed by atoms with Crippen molar-refractivity contribution in [3.8, 4) is 12.3 Å². The summed E-state index contributed by atoms with van der Waals surface area (Å²) in [6.07, 6.45) is 5.75. The van der Waals surface area contributed by atoms with E-state index in [-0.39, 0.29) is 0 Å². The van der Waals surface area contributed by atoms with E-state index < -0.39 is 5.60 Å². The predicted octanol–water partition coefficient (Wildman–Crippen LogP) is 4.25. The summed E-state index contributed by atoms with van der Waals surface area (Å²) in [5.74, 6) is 2.59.